The van der Waals surface area contributed by atoms with Gasteiger partial charge in [-0.1, -0.05) is 13.3 Å². The molecular weight excluding hydrogens is 128 g/mol. The summed E-state index contributed by atoms with van der Waals surface area (Å²) in [5, 5.41) is 0. The van der Waals surface area contributed by atoms with Gasteiger partial charge < -0.3 is 5.53 Å². The van der Waals surface area contributed by atoms with Gasteiger partial charge in [0.1, 0.15) is 0 Å². The Labute approximate surface area is 60.7 Å². The molecule has 0 unspecified atom stereocenters. The molecule has 0 bridgehead atoms. The molecule has 3 heteroatoms. The number of carbonyl (C=O) groups is 1. The van der Waals surface area contributed by atoms with Crippen LogP contribution in [0.25, 0.3) is 5.53 Å². The Hall–Kier alpha value is -0.950. The van der Waals surface area contributed by atoms with Gasteiger partial charge >= 0.3 is 5.71 Å². The summed E-state index contributed by atoms with van der Waals surface area (Å²) in [5.74, 6) is -0.0654. The molecule has 0 atom stereocenters. The standard InChI is InChI=1S/C7H12N2O/c1-3-4-5-7(10)6(2)9-8/h3-5H2,1-2H3. The number of hydrogen-bond acceptors (Lipinski definition) is 1. The molecule has 0 aliphatic heterocycles. The number of carbonyl (C=O) groups excluding carboxylic acids is 1. The van der Waals surface area contributed by atoms with Gasteiger partial charge in [-0.05, 0) is 6.42 Å². The monoisotopic (exact) mass is 140 g/mol. The maximum absolute atomic E-state index is 10.8. The number of Topliss-reactive ketones (excluding diaryl/α,β-unsaturated/α-hetero) is 1. The Morgan fingerprint density at radius 1 is 1.60 bits per heavy atom. The zero-order chi connectivity index (χ0) is 7.98. The molecule has 0 saturated heterocycles. The van der Waals surface area contributed by atoms with E-state index in [4.69, 9.17) is 5.53 Å². The van der Waals surface area contributed by atoms with Gasteiger partial charge in [-0.3, -0.25) is 4.79 Å². The lowest BCUT2D eigenvalue weighted by Gasteiger charge is -1.88. The van der Waals surface area contributed by atoms with Crippen molar-refractivity contribution in [2.24, 2.45) is 0 Å². The second-order valence-corrected chi connectivity index (χ2v) is 2.21. The van der Waals surface area contributed by atoms with E-state index in [1.165, 1.54) is 6.92 Å². The van der Waals surface area contributed by atoms with E-state index in [0.717, 1.165) is 12.8 Å². The van der Waals surface area contributed by atoms with Crippen molar-refractivity contribution in [3.05, 3.63) is 5.53 Å². The van der Waals surface area contributed by atoms with Crippen LogP contribution in [0.5, 0.6) is 0 Å². The van der Waals surface area contributed by atoms with Crippen molar-refractivity contribution in [1.29, 1.82) is 0 Å². The van der Waals surface area contributed by atoms with Crippen LogP contribution < -0.4 is 0 Å². The first kappa shape index (κ1) is 9.05. The van der Waals surface area contributed by atoms with Gasteiger partial charge in [0.05, 0.1) is 0 Å². The first-order chi connectivity index (χ1) is 4.72. The van der Waals surface area contributed by atoms with E-state index in [1.807, 2.05) is 6.92 Å². The minimum atomic E-state index is -0.0654. The molecule has 56 valence electrons. The molecule has 0 aliphatic carbocycles. The first-order valence-electron chi connectivity index (χ1n) is 3.44. The van der Waals surface area contributed by atoms with E-state index in [2.05, 4.69) is 4.79 Å². The Kier molecular flexibility index (Phi) is 4.42. The van der Waals surface area contributed by atoms with E-state index in [1.54, 1.807) is 0 Å². The van der Waals surface area contributed by atoms with E-state index in [0.29, 0.717) is 6.42 Å². The molecule has 0 heterocycles. The summed E-state index contributed by atoms with van der Waals surface area (Å²) in [6, 6.07) is 0. The Morgan fingerprint density at radius 2 is 2.20 bits per heavy atom. The molecule has 0 aliphatic rings. The fourth-order valence-corrected chi connectivity index (χ4v) is 0.574. The maximum Gasteiger partial charge on any atom is 0.331 e. The third-order valence-electron chi connectivity index (χ3n) is 1.31. The van der Waals surface area contributed by atoms with Crippen LogP contribution >= 0.6 is 0 Å². The summed E-state index contributed by atoms with van der Waals surface area (Å²) in [6.07, 6.45) is 2.35. The van der Waals surface area contributed by atoms with Crippen molar-refractivity contribution < 1.29 is 9.58 Å². The quantitative estimate of drug-likeness (QED) is 0.331. The zero-order valence-electron chi connectivity index (χ0n) is 6.42. The van der Waals surface area contributed by atoms with E-state index < -0.39 is 0 Å². The number of ketones is 1. The average Bonchev–Trinajstić information content (AvgIpc) is 1.98. The molecule has 0 saturated carbocycles. The lowest BCUT2D eigenvalue weighted by molar-refractivity contribution is -0.117. The van der Waals surface area contributed by atoms with Gasteiger partial charge in [0.2, 0.25) is 5.78 Å². The van der Waals surface area contributed by atoms with Gasteiger partial charge in [-0.25, -0.2) is 0 Å². The predicted octanol–water partition coefficient (Wildman–Crippen LogP) is 1.44. The highest BCUT2D eigenvalue weighted by atomic mass is 16.1. The van der Waals surface area contributed by atoms with Crippen LogP contribution in [0.2, 0.25) is 0 Å². The molecule has 0 N–H and O–H groups in total. The molecule has 3 nitrogen and oxygen atoms in total. The van der Waals surface area contributed by atoms with Crippen LogP contribution in [0.15, 0.2) is 0 Å². The second kappa shape index (κ2) is 4.89. The summed E-state index contributed by atoms with van der Waals surface area (Å²) in [7, 11) is 0. The summed E-state index contributed by atoms with van der Waals surface area (Å²) in [5.41, 5.74) is 8.37. The number of unbranched alkanes of at least 4 members (excludes halogenated alkanes) is 1. The summed E-state index contributed by atoms with van der Waals surface area (Å²) in [4.78, 5) is 13.7. The highest BCUT2D eigenvalue weighted by Gasteiger charge is 2.11. The summed E-state index contributed by atoms with van der Waals surface area (Å²) >= 11 is 0. The molecule has 0 fully saturated rings. The lowest BCUT2D eigenvalue weighted by atomic mass is 10.1. The van der Waals surface area contributed by atoms with Crippen LogP contribution in [-0.4, -0.2) is 16.3 Å². The van der Waals surface area contributed by atoms with Gasteiger partial charge in [-0.15, -0.1) is 0 Å². The van der Waals surface area contributed by atoms with Gasteiger partial charge in [0, 0.05) is 13.3 Å². The van der Waals surface area contributed by atoms with Gasteiger partial charge in [0.15, 0.2) is 0 Å². The topological polar surface area (TPSA) is 53.5 Å². The van der Waals surface area contributed by atoms with Crippen molar-refractivity contribution in [1.82, 2.24) is 0 Å². The number of rotatable bonds is 4. The molecule has 10 heavy (non-hydrogen) atoms. The van der Waals surface area contributed by atoms with E-state index in [-0.39, 0.29) is 11.5 Å². The zero-order valence-corrected chi connectivity index (χ0v) is 6.42. The van der Waals surface area contributed by atoms with Crippen molar-refractivity contribution in [3.63, 3.8) is 0 Å². The van der Waals surface area contributed by atoms with Crippen LogP contribution in [0.1, 0.15) is 33.1 Å². The summed E-state index contributed by atoms with van der Waals surface area (Å²) in [6.45, 7) is 3.52. The van der Waals surface area contributed by atoms with E-state index >= 15 is 0 Å². The molecule has 0 aromatic rings. The highest BCUT2D eigenvalue weighted by molar-refractivity contribution is 6.36. The molecule has 0 rings (SSSR count). The molecular formula is C7H12N2O. The van der Waals surface area contributed by atoms with Crippen molar-refractivity contribution in [2.45, 2.75) is 33.1 Å². The largest absolute Gasteiger partial charge is 0.361 e. The molecule has 0 radical (unpaired) electrons. The smallest absolute Gasteiger partial charge is 0.331 e. The fraction of sp³-hybridized carbons (Fsp3) is 0.714. The van der Waals surface area contributed by atoms with Crippen LogP contribution in [0.3, 0.4) is 0 Å². The maximum atomic E-state index is 10.8. The third kappa shape index (κ3) is 3.15. The molecule has 0 spiro atoms. The van der Waals surface area contributed by atoms with Crippen molar-refractivity contribution >= 4 is 11.5 Å². The number of nitrogens with zero attached hydrogens (tertiary/aromatic N) is 2. The molecule has 0 amide bonds. The lowest BCUT2D eigenvalue weighted by Crippen LogP contribution is -2.10. The van der Waals surface area contributed by atoms with E-state index in [9.17, 15) is 4.79 Å². The fourth-order valence-electron chi connectivity index (χ4n) is 0.574. The minimum Gasteiger partial charge on any atom is -0.361 e. The SMILES string of the molecule is CCCCC(=O)C(C)=[N+]=[N-]. The van der Waals surface area contributed by atoms with Crippen LogP contribution in [-0.2, 0) is 4.79 Å². The Bertz CT molecular complexity index is 168. The average molecular weight is 140 g/mol. The Balaban J connectivity index is 3.75. The number of hydrogen-bond donors (Lipinski definition) is 0. The van der Waals surface area contributed by atoms with Crippen LogP contribution in [0, 0.1) is 0 Å². The van der Waals surface area contributed by atoms with Gasteiger partial charge in [0.25, 0.3) is 0 Å². The van der Waals surface area contributed by atoms with Crippen molar-refractivity contribution in [2.75, 3.05) is 0 Å². The second-order valence-electron chi connectivity index (χ2n) is 2.21. The van der Waals surface area contributed by atoms with Gasteiger partial charge in [-0.2, -0.15) is 4.79 Å². The summed E-state index contributed by atoms with van der Waals surface area (Å²) < 4.78 is 0. The molecule has 0 aromatic heterocycles. The minimum absolute atomic E-state index is 0.0654. The Morgan fingerprint density at radius 3 is 2.60 bits per heavy atom. The highest BCUT2D eigenvalue weighted by Crippen LogP contribution is 1.95. The third-order valence-corrected chi connectivity index (χ3v) is 1.31. The molecule has 0 aromatic carbocycles. The normalized spacial score (nSPS) is 8.60. The first-order valence-corrected chi connectivity index (χ1v) is 3.44. The van der Waals surface area contributed by atoms with Crippen molar-refractivity contribution in [3.8, 4) is 0 Å². The predicted molar refractivity (Wildman–Crippen MR) is 38.8 cm³/mol. The van der Waals surface area contributed by atoms with Crippen LogP contribution in [0.4, 0.5) is 0 Å².